The molecule has 7 nitrogen and oxygen atoms in total. The number of hydrogen-bond acceptors (Lipinski definition) is 5. The largest absolute Gasteiger partial charge is 0.419 e. The first-order valence-electron chi connectivity index (χ1n) is 9.19. The van der Waals surface area contributed by atoms with Gasteiger partial charge in [0.15, 0.2) is 0 Å². The Kier molecular flexibility index (Phi) is 6.20. The predicted octanol–water partition coefficient (Wildman–Crippen LogP) is 3.33. The third kappa shape index (κ3) is 5.62. The molecule has 11 heteroatoms. The molecule has 0 saturated carbocycles. The second-order valence-corrected chi connectivity index (χ2v) is 8.85. The van der Waals surface area contributed by atoms with E-state index in [0.717, 1.165) is 12.3 Å². The lowest BCUT2D eigenvalue weighted by Gasteiger charge is -2.34. The van der Waals surface area contributed by atoms with Crippen LogP contribution in [0.5, 0.6) is 0 Å². The zero-order chi connectivity index (χ0) is 21.9. The van der Waals surface area contributed by atoms with Crippen LogP contribution in [-0.2, 0) is 21.0 Å². The summed E-state index contributed by atoms with van der Waals surface area (Å²) in [4.78, 5) is 18.0. The Morgan fingerprint density at radius 1 is 1.17 bits per heavy atom. The highest BCUT2D eigenvalue weighted by atomic mass is 32.2. The molecule has 1 amide bonds. The van der Waals surface area contributed by atoms with Crippen LogP contribution in [0.25, 0.3) is 0 Å². The molecule has 2 heterocycles. The van der Waals surface area contributed by atoms with Crippen molar-refractivity contribution in [1.29, 1.82) is 0 Å². The van der Waals surface area contributed by atoms with Crippen LogP contribution in [0.2, 0.25) is 0 Å². The van der Waals surface area contributed by atoms with Crippen molar-refractivity contribution in [2.45, 2.75) is 19.0 Å². The Labute approximate surface area is 172 Å². The molecular formula is C19H21F3N4O3S. The summed E-state index contributed by atoms with van der Waals surface area (Å²) in [5.41, 5.74) is -0.000753. The van der Waals surface area contributed by atoms with Crippen molar-refractivity contribution in [2.24, 2.45) is 5.92 Å². The fourth-order valence-corrected chi connectivity index (χ4v) is 3.90. The van der Waals surface area contributed by atoms with E-state index in [2.05, 4.69) is 15.0 Å². The van der Waals surface area contributed by atoms with Crippen LogP contribution in [0.15, 0.2) is 42.6 Å². The van der Waals surface area contributed by atoms with Crippen LogP contribution in [0.4, 0.5) is 30.4 Å². The van der Waals surface area contributed by atoms with E-state index in [0.29, 0.717) is 30.8 Å². The fraction of sp³-hybridized carbons (Fsp3) is 0.368. The van der Waals surface area contributed by atoms with Gasteiger partial charge in [0.1, 0.15) is 5.82 Å². The van der Waals surface area contributed by atoms with Crippen LogP contribution in [-0.4, -0.2) is 38.7 Å². The second kappa shape index (κ2) is 8.50. The number of amides is 1. The summed E-state index contributed by atoms with van der Waals surface area (Å²) in [5.74, 6) is -0.984. The average Bonchev–Trinajstić information content (AvgIpc) is 2.68. The number of nitrogens with zero attached hydrogens (tertiary/aromatic N) is 2. The third-order valence-corrected chi connectivity index (χ3v) is 5.25. The number of alkyl halides is 3. The number of hydrogen-bond donors (Lipinski definition) is 2. The van der Waals surface area contributed by atoms with Gasteiger partial charge in [-0.2, -0.15) is 13.2 Å². The maximum Gasteiger partial charge on any atom is 0.419 e. The Balaban J connectivity index is 1.68. The quantitative estimate of drug-likeness (QED) is 0.741. The molecule has 1 unspecified atom stereocenters. The van der Waals surface area contributed by atoms with Crippen molar-refractivity contribution in [3.05, 3.63) is 48.2 Å². The van der Waals surface area contributed by atoms with Crippen LogP contribution in [0.3, 0.4) is 0 Å². The minimum atomic E-state index is -4.53. The summed E-state index contributed by atoms with van der Waals surface area (Å²) in [7, 11) is -3.41. The van der Waals surface area contributed by atoms with Crippen molar-refractivity contribution in [3.8, 4) is 0 Å². The molecule has 0 radical (unpaired) electrons. The zero-order valence-corrected chi connectivity index (χ0v) is 16.9. The Morgan fingerprint density at radius 3 is 2.47 bits per heavy atom. The molecule has 2 N–H and O–H groups in total. The highest BCUT2D eigenvalue weighted by Gasteiger charge is 2.37. The standard InChI is InChI=1S/C19H21F3N4O3S/c1-30(28,29)25-15-8-6-14(7-9-15)24-18(27)13-4-3-11-26(12-13)17-16(19(20,21)22)5-2-10-23-17/h2,5-10,13,25H,3-4,11-12H2,1H3,(H,24,27). The lowest BCUT2D eigenvalue weighted by atomic mass is 9.96. The first-order valence-corrected chi connectivity index (χ1v) is 11.1. The van der Waals surface area contributed by atoms with E-state index in [9.17, 15) is 26.4 Å². The first-order chi connectivity index (χ1) is 14.0. The summed E-state index contributed by atoms with van der Waals surface area (Å²) in [6.07, 6.45) is -1.09. The van der Waals surface area contributed by atoms with Gasteiger partial charge in [-0.05, 0) is 49.2 Å². The van der Waals surface area contributed by atoms with E-state index in [1.54, 1.807) is 12.1 Å². The van der Waals surface area contributed by atoms with Gasteiger partial charge in [0.05, 0.1) is 17.7 Å². The predicted molar refractivity (Wildman–Crippen MR) is 108 cm³/mol. The minimum absolute atomic E-state index is 0.125. The Hall–Kier alpha value is -2.82. The van der Waals surface area contributed by atoms with E-state index in [-0.39, 0.29) is 18.3 Å². The number of aromatic nitrogens is 1. The van der Waals surface area contributed by atoms with Gasteiger partial charge in [-0.3, -0.25) is 9.52 Å². The molecule has 1 fully saturated rings. The number of carbonyl (C=O) groups excluding carboxylic acids is 1. The summed E-state index contributed by atoms with van der Waals surface area (Å²) in [6.45, 7) is 0.509. The van der Waals surface area contributed by atoms with Gasteiger partial charge in [0.2, 0.25) is 15.9 Å². The van der Waals surface area contributed by atoms with E-state index < -0.39 is 27.7 Å². The summed E-state index contributed by atoms with van der Waals surface area (Å²) >= 11 is 0. The van der Waals surface area contributed by atoms with Crippen molar-refractivity contribution >= 4 is 33.1 Å². The molecule has 1 aromatic heterocycles. The molecule has 1 aliphatic heterocycles. The van der Waals surface area contributed by atoms with Crippen LogP contribution < -0.4 is 14.9 Å². The summed E-state index contributed by atoms with van der Waals surface area (Å²) in [5, 5.41) is 2.73. The number of nitrogens with one attached hydrogen (secondary N) is 2. The van der Waals surface area contributed by atoms with E-state index in [4.69, 9.17) is 0 Å². The number of sulfonamides is 1. The number of carbonyl (C=O) groups is 1. The number of pyridine rings is 1. The molecule has 0 aliphatic carbocycles. The van der Waals surface area contributed by atoms with E-state index in [1.807, 2.05) is 0 Å². The van der Waals surface area contributed by atoms with Crippen LogP contribution in [0, 0.1) is 5.92 Å². The Bertz CT molecular complexity index is 1010. The topological polar surface area (TPSA) is 91.4 Å². The minimum Gasteiger partial charge on any atom is -0.355 e. The zero-order valence-electron chi connectivity index (χ0n) is 16.1. The van der Waals surface area contributed by atoms with Gasteiger partial charge in [-0.15, -0.1) is 0 Å². The smallest absolute Gasteiger partial charge is 0.355 e. The molecule has 30 heavy (non-hydrogen) atoms. The molecule has 0 bridgehead atoms. The number of piperidine rings is 1. The van der Waals surface area contributed by atoms with Gasteiger partial charge in [-0.25, -0.2) is 13.4 Å². The molecule has 3 rings (SSSR count). The van der Waals surface area contributed by atoms with Gasteiger partial charge in [0.25, 0.3) is 0 Å². The van der Waals surface area contributed by atoms with Crippen molar-refractivity contribution in [1.82, 2.24) is 4.98 Å². The number of benzene rings is 1. The molecule has 1 saturated heterocycles. The van der Waals surface area contributed by atoms with Crippen LogP contribution in [0.1, 0.15) is 18.4 Å². The molecular weight excluding hydrogens is 421 g/mol. The van der Waals surface area contributed by atoms with Gasteiger partial charge in [-0.1, -0.05) is 0 Å². The van der Waals surface area contributed by atoms with Crippen molar-refractivity contribution < 1.29 is 26.4 Å². The average molecular weight is 442 g/mol. The molecule has 162 valence electrons. The summed E-state index contributed by atoms with van der Waals surface area (Å²) in [6, 6.07) is 8.33. The maximum atomic E-state index is 13.3. The molecule has 0 spiro atoms. The molecule has 1 aromatic carbocycles. The molecule has 2 aromatic rings. The van der Waals surface area contributed by atoms with Gasteiger partial charge < -0.3 is 10.2 Å². The lowest BCUT2D eigenvalue weighted by molar-refractivity contribution is -0.137. The van der Waals surface area contributed by atoms with Crippen molar-refractivity contribution in [3.63, 3.8) is 0 Å². The number of anilines is 3. The number of halogens is 3. The fourth-order valence-electron chi connectivity index (χ4n) is 3.33. The highest BCUT2D eigenvalue weighted by Crippen LogP contribution is 2.36. The van der Waals surface area contributed by atoms with Crippen molar-refractivity contribution in [2.75, 3.05) is 34.3 Å². The highest BCUT2D eigenvalue weighted by molar-refractivity contribution is 7.92. The van der Waals surface area contributed by atoms with Gasteiger partial charge >= 0.3 is 6.18 Å². The number of rotatable bonds is 5. The van der Waals surface area contributed by atoms with Gasteiger partial charge in [0, 0.05) is 30.7 Å². The van der Waals surface area contributed by atoms with E-state index in [1.165, 1.54) is 29.3 Å². The van der Waals surface area contributed by atoms with Crippen LogP contribution >= 0.6 is 0 Å². The SMILES string of the molecule is CS(=O)(=O)Nc1ccc(NC(=O)C2CCCN(c3ncccc3C(F)(F)F)C2)cc1. The first kappa shape index (κ1) is 21.9. The Morgan fingerprint density at radius 2 is 1.83 bits per heavy atom. The molecule has 1 aliphatic rings. The van der Waals surface area contributed by atoms with E-state index >= 15 is 0 Å². The summed E-state index contributed by atoms with van der Waals surface area (Å²) < 4.78 is 64.7. The second-order valence-electron chi connectivity index (χ2n) is 7.10. The monoisotopic (exact) mass is 442 g/mol. The molecule has 1 atom stereocenters. The lowest BCUT2D eigenvalue weighted by Crippen LogP contribution is -2.42. The maximum absolute atomic E-state index is 13.3. The third-order valence-electron chi connectivity index (χ3n) is 4.64. The normalized spacial score (nSPS) is 17.5.